The van der Waals surface area contributed by atoms with Crippen LogP contribution >= 0.6 is 27.5 Å². The third kappa shape index (κ3) is 3.72. The predicted octanol–water partition coefficient (Wildman–Crippen LogP) is 4.70. The third-order valence-corrected chi connectivity index (χ3v) is 5.12. The molecule has 0 bridgehead atoms. The second-order valence-corrected chi connectivity index (χ2v) is 7.70. The molecule has 0 radical (unpaired) electrons. The molecule has 0 amide bonds. The van der Waals surface area contributed by atoms with Gasteiger partial charge in [0, 0.05) is 29.6 Å². The molecule has 1 N–H and O–H groups in total. The average molecular weight is 378 g/mol. The Morgan fingerprint density at radius 3 is 2.48 bits per heavy atom. The summed E-state index contributed by atoms with van der Waals surface area (Å²) in [5.74, 6) is 0.713. The van der Waals surface area contributed by atoms with Gasteiger partial charge in [-0.2, -0.15) is 0 Å². The van der Waals surface area contributed by atoms with Crippen molar-refractivity contribution < 1.29 is 4.39 Å². The Kier molecular flexibility index (Phi) is 5.55. The largest absolute Gasteiger partial charge is 0.363 e. The van der Waals surface area contributed by atoms with Crippen LogP contribution in [0, 0.1) is 17.7 Å². The average Bonchev–Trinajstić information content (AvgIpc) is 2.36. The third-order valence-electron chi connectivity index (χ3n) is 4.23. The fourth-order valence-electron chi connectivity index (χ4n) is 2.90. The van der Waals surface area contributed by atoms with Gasteiger partial charge in [0.25, 0.3) is 0 Å². The van der Waals surface area contributed by atoms with Crippen LogP contribution in [0.1, 0.15) is 27.7 Å². The van der Waals surface area contributed by atoms with Crippen LogP contribution in [0.2, 0.25) is 5.02 Å². The summed E-state index contributed by atoms with van der Waals surface area (Å²) in [4.78, 5) is 2.33. The number of rotatable bonds is 3. The minimum atomic E-state index is -0.313. The summed E-state index contributed by atoms with van der Waals surface area (Å²) in [6.07, 6.45) is 0. The molecule has 21 heavy (non-hydrogen) atoms. The van der Waals surface area contributed by atoms with Crippen molar-refractivity contribution in [2.24, 2.45) is 11.8 Å². The number of piperazine rings is 1. The SMILES string of the molecule is CC(C)C1CN(c2c(Cl)cc(F)cc2Br)C(C(C)C)CN1. The van der Waals surface area contributed by atoms with Crippen molar-refractivity contribution in [3.05, 3.63) is 27.4 Å². The summed E-state index contributed by atoms with van der Waals surface area (Å²) in [7, 11) is 0. The Morgan fingerprint density at radius 1 is 1.29 bits per heavy atom. The number of hydrogen-bond acceptors (Lipinski definition) is 2. The van der Waals surface area contributed by atoms with Crippen molar-refractivity contribution in [3.8, 4) is 0 Å². The predicted molar refractivity (Wildman–Crippen MR) is 91.7 cm³/mol. The van der Waals surface area contributed by atoms with E-state index in [4.69, 9.17) is 11.6 Å². The molecule has 0 aliphatic carbocycles. The number of nitrogens with one attached hydrogen (secondary N) is 1. The number of anilines is 1. The molecule has 2 nitrogen and oxygen atoms in total. The zero-order valence-corrected chi connectivity index (χ0v) is 15.3. The molecular weight excluding hydrogens is 355 g/mol. The topological polar surface area (TPSA) is 15.3 Å². The molecule has 0 aromatic heterocycles. The molecule has 1 aromatic rings. The van der Waals surface area contributed by atoms with Gasteiger partial charge in [-0.05, 0) is 39.9 Å². The summed E-state index contributed by atoms with van der Waals surface area (Å²) >= 11 is 9.81. The van der Waals surface area contributed by atoms with Gasteiger partial charge in [-0.25, -0.2) is 4.39 Å². The van der Waals surface area contributed by atoms with Gasteiger partial charge in [0.2, 0.25) is 0 Å². The Labute approximate surface area is 140 Å². The summed E-state index contributed by atoms with van der Waals surface area (Å²) < 4.78 is 14.2. The summed E-state index contributed by atoms with van der Waals surface area (Å²) in [6.45, 7) is 10.6. The molecule has 1 saturated heterocycles. The first-order valence-corrected chi connectivity index (χ1v) is 8.63. The van der Waals surface area contributed by atoms with Crippen LogP contribution in [0.3, 0.4) is 0 Å². The normalized spacial score (nSPS) is 23.2. The van der Waals surface area contributed by atoms with E-state index in [0.29, 0.717) is 28.9 Å². The standard InChI is InChI=1S/C16H23BrClFN2/c1-9(2)14-8-21(15(7-20-14)10(3)4)16-12(17)5-11(19)6-13(16)18/h5-6,9-10,14-15,20H,7-8H2,1-4H3. The second-order valence-electron chi connectivity index (χ2n) is 6.44. The van der Waals surface area contributed by atoms with Crippen LogP contribution in [-0.4, -0.2) is 25.2 Å². The number of halogens is 3. The summed E-state index contributed by atoms with van der Waals surface area (Å²) in [5, 5.41) is 4.10. The van der Waals surface area contributed by atoms with Crippen LogP contribution in [0.4, 0.5) is 10.1 Å². The Hall–Kier alpha value is -0.320. The highest BCUT2D eigenvalue weighted by Crippen LogP contribution is 2.38. The van der Waals surface area contributed by atoms with Crippen LogP contribution in [0.15, 0.2) is 16.6 Å². The highest BCUT2D eigenvalue weighted by Gasteiger charge is 2.33. The van der Waals surface area contributed by atoms with E-state index >= 15 is 0 Å². The lowest BCUT2D eigenvalue weighted by Gasteiger charge is -2.45. The Morgan fingerprint density at radius 2 is 1.95 bits per heavy atom. The van der Waals surface area contributed by atoms with E-state index in [1.165, 1.54) is 12.1 Å². The van der Waals surface area contributed by atoms with Gasteiger partial charge < -0.3 is 10.2 Å². The zero-order valence-electron chi connectivity index (χ0n) is 13.0. The first-order chi connectivity index (χ1) is 9.81. The Bertz CT molecular complexity index is 484. The quantitative estimate of drug-likeness (QED) is 0.821. The molecule has 1 fully saturated rings. The second kappa shape index (κ2) is 6.84. The Balaban J connectivity index is 2.40. The van der Waals surface area contributed by atoms with Gasteiger partial charge in [-0.3, -0.25) is 0 Å². The molecule has 5 heteroatoms. The van der Waals surface area contributed by atoms with Gasteiger partial charge >= 0.3 is 0 Å². The number of benzene rings is 1. The van der Waals surface area contributed by atoms with Gasteiger partial charge in [0.05, 0.1) is 10.7 Å². The zero-order chi connectivity index (χ0) is 15.7. The fourth-order valence-corrected chi connectivity index (χ4v) is 3.99. The molecule has 1 heterocycles. The van der Waals surface area contributed by atoms with E-state index in [9.17, 15) is 4.39 Å². The van der Waals surface area contributed by atoms with Gasteiger partial charge in [-0.15, -0.1) is 0 Å². The van der Waals surface area contributed by atoms with Crippen LogP contribution in [-0.2, 0) is 0 Å². The summed E-state index contributed by atoms with van der Waals surface area (Å²) in [5.41, 5.74) is 0.906. The van der Waals surface area contributed by atoms with E-state index in [0.717, 1.165) is 23.2 Å². The number of nitrogens with zero attached hydrogens (tertiary/aromatic N) is 1. The van der Waals surface area contributed by atoms with Crippen molar-refractivity contribution in [3.63, 3.8) is 0 Å². The molecule has 1 aliphatic heterocycles. The lowest BCUT2D eigenvalue weighted by molar-refractivity contribution is 0.295. The van der Waals surface area contributed by atoms with Crippen molar-refractivity contribution in [2.75, 3.05) is 18.0 Å². The van der Waals surface area contributed by atoms with E-state index in [-0.39, 0.29) is 5.82 Å². The first kappa shape index (κ1) is 17.0. The minimum Gasteiger partial charge on any atom is -0.363 e. The minimum absolute atomic E-state index is 0.313. The van der Waals surface area contributed by atoms with E-state index in [2.05, 4.69) is 53.8 Å². The molecule has 0 saturated carbocycles. The van der Waals surface area contributed by atoms with Crippen molar-refractivity contribution in [1.82, 2.24) is 5.32 Å². The van der Waals surface area contributed by atoms with E-state index in [1.807, 2.05) is 0 Å². The monoisotopic (exact) mass is 376 g/mol. The van der Waals surface area contributed by atoms with Crippen molar-refractivity contribution in [1.29, 1.82) is 0 Å². The molecule has 1 aromatic carbocycles. The van der Waals surface area contributed by atoms with Crippen LogP contribution < -0.4 is 10.2 Å². The maximum absolute atomic E-state index is 13.5. The van der Waals surface area contributed by atoms with E-state index < -0.39 is 0 Å². The molecule has 2 atom stereocenters. The number of hydrogen-bond donors (Lipinski definition) is 1. The first-order valence-electron chi connectivity index (χ1n) is 7.45. The maximum Gasteiger partial charge on any atom is 0.125 e. The molecular formula is C16H23BrClFN2. The molecule has 1 aliphatic rings. The molecule has 2 rings (SSSR count). The maximum atomic E-state index is 13.5. The fraction of sp³-hybridized carbons (Fsp3) is 0.625. The van der Waals surface area contributed by atoms with Gasteiger partial charge in [-0.1, -0.05) is 39.3 Å². The highest BCUT2D eigenvalue weighted by atomic mass is 79.9. The molecule has 0 spiro atoms. The van der Waals surface area contributed by atoms with Crippen molar-refractivity contribution in [2.45, 2.75) is 39.8 Å². The summed E-state index contributed by atoms with van der Waals surface area (Å²) in [6, 6.07) is 3.64. The molecule has 2 unspecified atom stereocenters. The van der Waals surface area contributed by atoms with Crippen molar-refractivity contribution >= 4 is 33.2 Å². The van der Waals surface area contributed by atoms with Crippen LogP contribution in [0.5, 0.6) is 0 Å². The molecule has 118 valence electrons. The lowest BCUT2D eigenvalue weighted by atomic mass is 9.93. The lowest BCUT2D eigenvalue weighted by Crippen LogP contribution is -2.60. The smallest absolute Gasteiger partial charge is 0.125 e. The van der Waals surface area contributed by atoms with Gasteiger partial charge in [0.15, 0.2) is 0 Å². The van der Waals surface area contributed by atoms with Gasteiger partial charge in [0.1, 0.15) is 5.82 Å². The van der Waals surface area contributed by atoms with E-state index in [1.54, 1.807) is 0 Å². The van der Waals surface area contributed by atoms with Crippen LogP contribution in [0.25, 0.3) is 0 Å². The highest BCUT2D eigenvalue weighted by molar-refractivity contribution is 9.10.